The minimum atomic E-state index is -0.406. The van der Waals surface area contributed by atoms with Crippen molar-refractivity contribution in [2.45, 2.75) is 6.42 Å². The zero-order chi connectivity index (χ0) is 11.5. The molecule has 0 aliphatic heterocycles. The molecule has 5 nitrogen and oxygen atoms in total. The topological polar surface area (TPSA) is 74.2 Å². The monoisotopic (exact) mass is 223 g/mol. The van der Waals surface area contributed by atoms with Gasteiger partial charge in [-0.2, -0.15) is 4.98 Å². The molecular weight excluding hydrogens is 213 g/mol. The summed E-state index contributed by atoms with van der Waals surface area (Å²) in [6, 6.07) is 4.53. The van der Waals surface area contributed by atoms with Gasteiger partial charge in [0.2, 0.25) is 5.89 Å². The molecule has 0 spiro atoms. The highest BCUT2D eigenvalue weighted by atomic mass is 19.1. The molecule has 0 aliphatic carbocycles. The van der Waals surface area contributed by atoms with Gasteiger partial charge in [-0.15, -0.1) is 0 Å². The van der Waals surface area contributed by atoms with Gasteiger partial charge in [0.05, 0.1) is 13.5 Å². The number of hydrogen-bond acceptors (Lipinski definition) is 5. The summed E-state index contributed by atoms with van der Waals surface area (Å²) in [5.41, 5.74) is 6.12. The molecule has 0 bridgehead atoms. The van der Waals surface area contributed by atoms with Gasteiger partial charge in [0.25, 0.3) is 5.95 Å². The molecule has 0 amide bonds. The Bertz CT molecular complexity index is 499. The van der Waals surface area contributed by atoms with Gasteiger partial charge in [-0.05, 0) is 22.9 Å². The van der Waals surface area contributed by atoms with Gasteiger partial charge in [0.15, 0.2) is 11.6 Å². The first kappa shape index (κ1) is 10.4. The number of benzene rings is 1. The van der Waals surface area contributed by atoms with E-state index in [-0.39, 0.29) is 11.7 Å². The smallest absolute Gasteiger partial charge is 0.260 e. The first-order valence-electron chi connectivity index (χ1n) is 4.59. The lowest BCUT2D eigenvalue weighted by Gasteiger charge is -2.03. The first-order valence-corrected chi connectivity index (χ1v) is 4.59. The number of anilines is 1. The molecule has 1 aromatic carbocycles. The maximum absolute atomic E-state index is 13.1. The molecule has 1 aromatic heterocycles. The Morgan fingerprint density at radius 3 is 2.94 bits per heavy atom. The van der Waals surface area contributed by atoms with Crippen molar-refractivity contribution in [3.05, 3.63) is 35.5 Å². The van der Waals surface area contributed by atoms with E-state index in [1.807, 2.05) is 0 Å². The Kier molecular flexibility index (Phi) is 2.72. The Morgan fingerprint density at radius 2 is 2.31 bits per heavy atom. The average molecular weight is 223 g/mol. The summed E-state index contributed by atoms with van der Waals surface area (Å²) in [5, 5.41) is 3.46. The molecule has 84 valence electrons. The number of halogens is 1. The molecule has 16 heavy (non-hydrogen) atoms. The molecule has 0 atom stereocenters. The molecule has 2 aromatic rings. The summed E-state index contributed by atoms with van der Waals surface area (Å²) < 4.78 is 22.8. The van der Waals surface area contributed by atoms with Crippen LogP contribution >= 0.6 is 0 Å². The van der Waals surface area contributed by atoms with Gasteiger partial charge in [-0.1, -0.05) is 6.07 Å². The Hall–Kier alpha value is -2.11. The van der Waals surface area contributed by atoms with E-state index in [1.54, 1.807) is 12.1 Å². The summed E-state index contributed by atoms with van der Waals surface area (Å²) in [6.45, 7) is 0. The molecule has 1 heterocycles. The predicted molar refractivity (Wildman–Crippen MR) is 54.5 cm³/mol. The Morgan fingerprint density at radius 1 is 1.50 bits per heavy atom. The maximum atomic E-state index is 13.1. The van der Waals surface area contributed by atoms with Crippen LogP contribution in [0.5, 0.6) is 5.75 Å². The summed E-state index contributed by atoms with van der Waals surface area (Å²) in [6.07, 6.45) is 0.390. The van der Waals surface area contributed by atoms with Crippen molar-refractivity contribution in [2.24, 2.45) is 0 Å². The molecular formula is C10H10FN3O2. The molecule has 6 heteroatoms. The third-order valence-electron chi connectivity index (χ3n) is 2.05. The van der Waals surface area contributed by atoms with Crippen molar-refractivity contribution in [1.29, 1.82) is 0 Å². The fourth-order valence-corrected chi connectivity index (χ4v) is 1.33. The second kappa shape index (κ2) is 4.18. The zero-order valence-electron chi connectivity index (χ0n) is 8.61. The summed E-state index contributed by atoms with van der Waals surface area (Å²) in [4.78, 5) is 3.85. The molecule has 0 aliphatic rings. The largest absolute Gasteiger partial charge is 0.494 e. The van der Waals surface area contributed by atoms with E-state index < -0.39 is 5.82 Å². The summed E-state index contributed by atoms with van der Waals surface area (Å²) >= 11 is 0. The molecule has 0 saturated carbocycles. The minimum absolute atomic E-state index is 0.0871. The fourth-order valence-electron chi connectivity index (χ4n) is 1.33. The third kappa shape index (κ3) is 2.10. The zero-order valence-corrected chi connectivity index (χ0v) is 8.61. The van der Waals surface area contributed by atoms with Crippen molar-refractivity contribution in [1.82, 2.24) is 10.1 Å². The SMILES string of the molecule is COc1cc(Cc2nc(N)no2)ccc1F. The van der Waals surface area contributed by atoms with Crippen molar-refractivity contribution in [2.75, 3.05) is 12.8 Å². The molecule has 0 fully saturated rings. The first-order chi connectivity index (χ1) is 7.69. The summed E-state index contributed by atoms with van der Waals surface area (Å²) in [7, 11) is 1.41. The minimum Gasteiger partial charge on any atom is -0.494 e. The molecule has 2 N–H and O–H groups in total. The van der Waals surface area contributed by atoms with Crippen molar-refractivity contribution in [3.63, 3.8) is 0 Å². The van der Waals surface area contributed by atoms with Crippen LogP contribution in [-0.2, 0) is 6.42 Å². The lowest BCUT2D eigenvalue weighted by atomic mass is 10.1. The van der Waals surface area contributed by atoms with E-state index in [1.165, 1.54) is 13.2 Å². The van der Waals surface area contributed by atoms with Crippen LogP contribution in [0.3, 0.4) is 0 Å². The fraction of sp³-hybridized carbons (Fsp3) is 0.200. The van der Waals surface area contributed by atoms with Crippen molar-refractivity contribution in [3.8, 4) is 5.75 Å². The second-order valence-corrected chi connectivity index (χ2v) is 3.19. The van der Waals surface area contributed by atoms with Gasteiger partial charge in [0, 0.05) is 0 Å². The number of methoxy groups -OCH3 is 1. The number of nitrogen functional groups attached to an aromatic ring is 1. The second-order valence-electron chi connectivity index (χ2n) is 3.19. The van der Waals surface area contributed by atoms with E-state index in [2.05, 4.69) is 10.1 Å². The van der Waals surface area contributed by atoms with Gasteiger partial charge < -0.3 is 15.0 Å². The van der Waals surface area contributed by atoms with E-state index in [0.717, 1.165) is 5.56 Å². The quantitative estimate of drug-likeness (QED) is 0.851. The number of nitrogens with two attached hydrogens (primary N) is 1. The van der Waals surface area contributed by atoms with Gasteiger partial charge in [-0.3, -0.25) is 0 Å². The highest BCUT2D eigenvalue weighted by molar-refractivity contribution is 5.31. The van der Waals surface area contributed by atoms with Crippen LogP contribution in [0.4, 0.5) is 10.3 Å². The highest BCUT2D eigenvalue weighted by Gasteiger charge is 2.08. The molecule has 0 radical (unpaired) electrons. The van der Waals surface area contributed by atoms with Crippen LogP contribution in [0.2, 0.25) is 0 Å². The predicted octanol–water partition coefficient (Wildman–Crippen LogP) is 1.39. The number of nitrogens with zero attached hydrogens (tertiary/aromatic N) is 2. The van der Waals surface area contributed by atoms with Gasteiger partial charge in [0.1, 0.15) is 0 Å². The van der Waals surface area contributed by atoms with Crippen LogP contribution in [0, 0.1) is 5.82 Å². The van der Waals surface area contributed by atoms with Crippen molar-refractivity contribution >= 4 is 5.95 Å². The van der Waals surface area contributed by atoms with E-state index in [0.29, 0.717) is 12.3 Å². The number of aromatic nitrogens is 2. The van der Waals surface area contributed by atoms with Crippen LogP contribution in [0.1, 0.15) is 11.5 Å². The van der Waals surface area contributed by atoms with E-state index in [4.69, 9.17) is 15.0 Å². The lowest BCUT2D eigenvalue weighted by Crippen LogP contribution is -1.93. The summed E-state index contributed by atoms with van der Waals surface area (Å²) in [5.74, 6) is 0.247. The van der Waals surface area contributed by atoms with E-state index >= 15 is 0 Å². The Labute approximate surface area is 91.0 Å². The van der Waals surface area contributed by atoms with Crippen LogP contribution in [0.25, 0.3) is 0 Å². The number of ether oxygens (including phenoxy) is 1. The third-order valence-corrected chi connectivity index (χ3v) is 2.05. The van der Waals surface area contributed by atoms with Crippen molar-refractivity contribution < 1.29 is 13.7 Å². The average Bonchev–Trinajstić information content (AvgIpc) is 2.67. The van der Waals surface area contributed by atoms with Crippen LogP contribution < -0.4 is 10.5 Å². The highest BCUT2D eigenvalue weighted by Crippen LogP contribution is 2.19. The van der Waals surface area contributed by atoms with Crippen LogP contribution in [0.15, 0.2) is 22.7 Å². The Balaban J connectivity index is 2.21. The standard InChI is InChI=1S/C10H10FN3O2/c1-15-8-4-6(2-3-7(8)11)5-9-13-10(12)14-16-9/h2-4H,5H2,1H3,(H2,12,14). The number of rotatable bonds is 3. The molecule has 0 unspecified atom stereocenters. The molecule has 0 saturated heterocycles. The lowest BCUT2D eigenvalue weighted by molar-refractivity contribution is 0.381. The van der Waals surface area contributed by atoms with Gasteiger partial charge >= 0.3 is 0 Å². The van der Waals surface area contributed by atoms with Gasteiger partial charge in [-0.25, -0.2) is 4.39 Å². The number of hydrogen-bond donors (Lipinski definition) is 1. The maximum Gasteiger partial charge on any atom is 0.260 e. The normalized spacial score (nSPS) is 10.4. The van der Waals surface area contributed by atoms with E-state index in [9.17, 15) is 4.39 Å². The van der Waals surface area contributed by atoms with Crippen LogP contribution in [-0.4, -0.2) is 17.3 Å². The molecule has 2 rings (SSSR count).